The van der Waals surface area contributed by atoms with E-state index in [-0.39, 0.29) is 32.7 Å². The van der Waals surface area contributed by atoms with Crippen molar-refractivity contribution in [2.75, 3.05) is 7.11 Å². The van der Waals surface area contributed by atoms with Gasteiger partial charge in [0, 0.05) is 0 Å². The molecule has 0 spiro atoms. The lowest BCUT2D eigenvalue weighted by molar-refractivity contribution is 0.0692. The summed E-state index contributed by atoms with van der Waals surface area (Å²) in [5.41, 5.74) is 0.0632. The molecule has 0 aliphatic heterocycles. The van der Waals surface area contributed by atoms with Gasteiger partial charge in [-0.3, -0.25) is 0 Å². The van der Waals surface area contributed by atoms with Crippen molar-refractivity contribution in [3.63, 3.8) is 0 Å². The Hall–Kier alpha value is -1.13. The maximum atomic E-state index is 10.9. The minimum absolute atomic E-state index is 0.0850. The highest BCUT2D eigenvalue weighted by Gasteiger charge is 2.24. The van der Waals surface area contributed by atoms with Gasteiger partial charge in [-0.1, -0.05) is 23.2 Å². The smallest absolute Gasteiger partial charge is 0.339 e. The zero-order chi connectivity index (χ0) is 11.7. The summed E-state index contributed by atoms with van der Waals surface area (Å²) in [6.45, 7) is 1.46. The highest BCUT2D eigenvalue weighted by Crippen LogP contribution is 2.44. The molecule has 2 N–H and O–H groups in total. The van der Waals surface area contributed by atoms with E-state index in [2.05, 4.69) is 0 Å². The van der Waals surface area contributed by atoms with Crippen LogP contribution in [-0.2, 0) is 0 Å². The molecule has 4 nitrogen and oxygen atoms in total. The van der Waals surface area contributed by atoms with Gasteiger partial charge in [-0.2, -0.15) is 0 Å². The minimum atomic E-state index is -1.21. The van der Waals surface area contributed by atoms with Gasteiger partial charge in [0.05, 0.1) is 12.1 Å². The maximum absolute atomic E-state index is 10.9. The molecule has 0 bridgehead atoms. The number of carboxylic acid groups (broad SMARTS) is 1. The van der Waals surface area contributed by atoms with E-state index in [0.717, 1.165) is 0 Å². The monoisotopic (exact) mass is 250 g/mol. The van der Waals surface area contributed by atoms with E-state index >= 15 is 0 Å². The van der Waals surface area contributed by atoms with E-state index in [1.54, 1.807) is 0 Å². The number of phenols is 1. The summed E-state index contributed by atoms with van der Waals surface area (Å²) in [4.78, 5) is 10.9. The first kappa shape index (κ1) is 11.9. The van der Waals surface area contributed by atoms with Gasteiger partial charge in [0.25, 0.3) is 0 Å². The van der Waals surface area contributed by atoms with Crippen molar-refractivity contribution in [3.05, 3.63) is 21.2 Å². The molecule has 0 aliphatic rings. The van der Waals surface area contributed by atoms with Gasteiger partial charge in [0.1, 0.15) is 10.6 Å². The highest BCUT2D eigenvalue weighted by molar-refractivity contribution is 6.39. The van der Waals surface area contributed by atoms with E-state index in [4.69, 9.17) is 33.0 Å². The summed E-state index contributed by atoms with van der Waals surface area (Å²) in [5, 5.41) is 18.1. The lowest BCUT2D eigenvalue weighted by Gasteiger charge is -2.13. The number of ether oxygens (including phenoxy) is 1. The van der Waals surface area contributed by atoms with Crippen LogP contribution in [0.15, 0.2) is 0 Å². The normalized spacial score (nSPS) is 10.1. The van der Waals surface area contributed by atoms with Gasteiger partial charge in [-0.25, -0.2) is 4.79 Å². The molecule has 0 saturated heterocycles. The topological polar surface area (TPSA) is 66.8 Å². The molecule has 0 unspecified atom stereocenters. The summed E-state index contributed by atoms with van der Waals surface area (Å²) in [7, 11) is 1.26. The Morgan fingerprint density at radius 3 is 2.27 bits per heavy atom. The van der Waals surface area contributed by atoms with Gasteiger partial charge < -0.3 is 14.9 Å². The number of aromatic carboxylic acids is 1. The summed E-state index contributed by atoms with van der Waals surface area (Å²) >= 11 is 11.4. The quantitative estimate of drug-likeness (QED) is 0.847. The highest BCUT2D eigenvalue weighted by atomic mass is 35.5. The molecule has 1 aromatic carbocycles. The van der Waals surface area contributed by atoms with E-state index in [1.807, 2.05) is 0 Å². The molecule has 0 amide bonds. The van der Waals surface area contributed by atoms with Gasteiger partial charge in [-0.15, -0.1) is 0 Å². The Bertz CT molecular complexity index is 429. The fourth-order valence-electron chi connectivity index (χ4n) is 1.22. The fourth-order valence-corrected chi connectivity index (χ4v) is 1.72. The maximum Gasteiger partial charge on any atom is 0.339 e. The van der Waals surface area contributed by atoms with Gasteiger partial charge >= 0.3 is 5.97 Å². The summed E-state index contributed by atoms with van der Waals surface area (Å²) in [5.74, 6) is -1.69. The molecule has 6 heteroatoms. The number of benzene rings is 1. The Labute approximate surface area is 96.0 Å². The number of hydrogen-bond acceptors (Lipinski definition) is 3. The molecule has 0 atom stereocenters. The average molecular weight is 251 g/mol. The van der Waals surface area contributed by atoms with Crippen LogP contribution in [0.2, 0.25) is 10.0 Å². The summed E-state index contributed by atoms with van der Waals surface area (Å²) < 4.78 is 4.82. The molecule has 0 aromatic heterocycles. The van der Waals surface area contributed by atoms with Crippen molar-refractivity contribution in [3.8, 4) is 11.5 Å². The number of carbonyl (C=O) groups is 1. The molecule has 15 heavy (non-hydrogen) atoms. The Kier molecular flexibility index (Phi) is 3.31. The second kappa shape index (κ2) is 4.16. The van der Waals surface area contributed by atoms with Crippen molar-refractivity contribution in [2.45, 2.75) is 6.92 Å². The first-order valence-electron chi connectivity index (χ1n) is 3.89. The first-order valence-corrected chi connectivity index (χ1v) is 4.65. The van der Waals surface area contributed by atoms with Gasteiger partial charge in [-0.05, 0) is 12.5 Å². The molecule has 0 fully saturated rings. The standard InChI is InChI=1S/C9H8Cl2O4/c1-3-4(9(13)14)8(15-2)6(11)7(12)5(3)10/h12H,1-2H3,(H,13,14). The second-order valence-corrected chi connectivity index (χ2v) is 3.57. The molecule has 1 aromatic rings. The van der Waals surface area contributed by atoms with Crippen LogP contribution in [0.3, 0.4) is 0 Å². The molecular weight excluding hydrogens is 243 g/mol. The van der Waals surface area contributed by atoms with Crippen LogP contribution in [0.25, 0.3) is 0 Å². The van der Waals surface area contributed by atoms with E-state index < -0.39 is 5.97 Å². The average Bonchev–Trinajstić information content (AvgIpc) is 2.19. The minimum Gasteiger partial charge on any atom is -0.505 e. The van der Waals surface area contributed by atoms with Crippen molar-refractivity contribution >= 4 is 29.2 Å². The molecule has 0 heterocycles. The second-order valence-electron chi connectivity index (χ2n) is 2.81. The van der Waals surface area contributed by atoms with E-state index in [1.165, 1.54) is 14.0 Å². The predicted molar refractivity (Wildman–Crippen MR) is 56.4 cm³/mol. The molecule has 0 saturated carbocycles. The molecular formula is C9H8Cl2O4. The number of aromatic hydroxyl groups is 1. The van der Waals surface area contributed by atoms with Crippen LogP contribution in [0.1, 0.15) is 15.9 Å². The van der Waals surface area contributed by atoms with Crippen LogP contribution in [0.4, 0.5) is 0 Å². The van der Waals surface area contributed by atoms with Gasteiger partial charge in [0.2, 0.25) is 0 Å². The number of hydrogen-bond donors (Lipinski definition) is 2. The van der Waals surface area contributed by atoms with Crippen molar-refractivity contribution in [2.24, 2.45) is 0 Å². The Morgan fingerprint density at radius 2 is 1.87 bits per heavy atom. The first-order chi connectivity index (χ1) is 6.91. The number of halogens is 2. The van der Waals surface area contributed by atoms with Crippen molar-refractivity contribution in [1.29, 1.82) is 0 Å². The number of methoxy groups -OCH3 is 1. The van der Waals surface area contributed by atoms with Crippen molar-refractivity contribution in [1.82, 2.24) is 0 Å². The van der Waals surface area contributed by atoms with Crippen molar-refractivity contribution < 1.29 is 19.7 Å². The molecule has 1 rings (SSSR count). The van der Waals surface area contributed by atoms with Crippen LogP contribution in [-0.4, -0.2) is 23.3 Å². The van der Waals surface area contributed by atoms with Crippen LogP contribution in [0.5, 0.6) is 11.5 Å². The van der Waals surface area contributed by atoms with Crippen LogP contribution >= 0.6 is 23.2 Å². The summed E-state index contributed by atoms with van der Waals surface area (Å²) in [6, 6.07) is 0. The Morgan fingerprint density at radius 1 is 1.33 bits per heavy atom. The number of phenolic OH excluding ortho intramolecular Hbond substituents is 1. The van der Waals surface area contributed by atoms with Gasteiger partial charge in [0.15, 0.2) is 11.5 Å². The Balaban J connectivity index is 3.70. The zero-order valence-electron chi connectivity index (χ0n) is 7.97. The van der Waals surface area contributed by atoms with E-state index in [0.29, 0.717) is 0 Å². The zero-order valence-corrected chi connectivity index (χ0v) is 9.48. The predicted octanol–water partition coefficient (Wildman–Crippen LogP) is 2.71. The third-order valence-corrected chi connectivity index (χ3v) is 2.78. The lowest BCUT2D eigenvalue weighted by Crippen LogP contribution is -2.04. The SMILES string of the molecule is COc1c(Cl)c(O)c(Cl)c(C)c1C(=O)O. The molecule has 0 radical (unpaired) electrons. The summed E-state index contributed by atoms with van der Waals surface area (Å²) in [6.07, 6.45) is 0. The largest absolute Gasteiger partial charge is 0.505 e. The third-order valence-electron chi connectivity index (χ3n) is 1.96. The lowest BCUT2D eigenvalue weighted by atomic mass is 10.1. The van der Waals surface area contributed by atoms with E-state index in [9.17, 15) is 9.90 Å². The fraction of sp³-hybridized carbons (Fsp3) is 0.222. The number of carboxylic acids is 1. The van der Waals surface area contributed by atoms with Crippen LogP contribution < -0.4 is 4.74 Å². The number of rotatable bonds is 2. The molecule has 82 valence electrons. The third kappa shape index (κ3) is 1.82. The molecule has 0 aliphatic carbocycles. The van der Waals surface area contributed by atoms with Crippen LogP contribution in [0, 0.1) is 6.92 Å².